The number of hydrogen-bond acceptors (Lipinski definition) is 2. The van der Waals surface area contributed by atoms with Crippen molar-refractivity contribution in [2.24, 2.45) is 11.8 Å². The van der Waals surface area contributed by atoms with E-state index in [2.05, 4.69) is 31.0 Å². The van der Waals surface area contributed by atoms with Gasteiger partial charge in [-0.15, -0.1) is 0 Å². The second-order valence-corrected chi connectivity index (χ2v) is 6.21. The van der Waals surface area contributed by atoms with Crippen LogP contribution in [0.25, 0.3) is 0 Å². The molecule has 1 fully saturated rings. The normalized spacial score (nSPS) is 25.5. The van der Waals surface area contributed by atoms with Crippen LogP contribution >= 0.6 is 0 Å². The maximum atomic E-state index is 3.48. The molecule has 1 aliphatic heterocycles. The minimum atomic E-state index is 0.900. The van der Waals surface area contributed by atoms with E-state index in [1.807, 2.05) is 0 Å². The van der Waals surface area contributed by atoms with Crippen LogP contribution in [0.5, 0.6) is 0 Å². The highest BCUT2D eigenvalue weighted by Crippen LogP contribution is 2.22. The molecule has 1 saturated heterocycles. The number of hydrogen-bond donors (Lipinski definition) is 1. The Hall–Kier alpha value is -0.0800. The molecule has 0 aliphatic carbocycles. The molecule has 0 amide bonds. The van der Waals surface area contributed by atoms with Gasteiger partial charge in [0.25, 0.3) is 0 Å². The average Bonchev–Trinajstić information content (AvgIpc) is 2.37. The largest absolute Gasteiger partial charge is 0.317 e. The van der Waals surface area contributed by atoms with E-state index in [9.17, 15) is 0 Å². The zero-order valence-electron chi connectivity index (χ0n) is 12.9. The first kappa shape index (κ1) is 16.0. The average molecular weight is 254 g/mol. The summed E-state index contributed by atoms with van der Waals surface area (Å²) < 4.78 is 0. The van der Waals surface area contributed by atoms with Gasteiger partial charge in [0, 0.05) is 6.54 Å². The number of unbranched alkanes of at least 4 members (excludes halogenated alkanes) is 3. The summed E-state index contributed by atoms with van der Waals surface area (Å²) in [6.07, 6.45) is 8.22. The molecule has 2 unspecified atom stereocenters. The van der Waals surface area contributed by atoms with E-state index < -0.39 is 0 Å². The van der Waals surface area contributed by atoms with E-state index in [-0.39, 0.29) is 0 Å². The lowest BCUT2D eigenvalue weighted by molar-refractivity contribution is 0.136. The van der Waals surface area contributed by atoms with Gasteiger partial charge in [0.15, 0.2) is 0 Å². The van der Waals surface area contributed by atoms with Crippen LogP contribution in [0, 0.1) is 11.8 Å². The van der Waals surface area contributed by atoms with E-state index in [1.165, 1.54) is 71.2 Å². The Morgan fingerprint density at radius 2 is 1.78 bits per heavy atom. The van der Waals surface area contributed by atoms with Gasteiger partial charge in [0.1, 0.15) is 0 Å². The van der Waals surface area contributed by atoms with Crippen LogP contribution in [0.15, 0.2) is 0 Å². The Morgan fingerprint density at radius 1 is 1.00 bits per heavy atom. The van der Waals surface area contributed by atoms with Crippen LogP contribution in [0.2, 0.25) is 0 Å². The first-order valence-corrected chi connectivity index (χ1v) is 8.17. The smallest absolute Gasteiger partial charge is 0.000957 e. The van der Waals surface area contributed by atoms with E-state index >= 15 is 0 Å². The Labute approximate surface area is 115 Å². The predicted octanol–water partition coefficient (Wildman–Crippen LogP) is 3.52. The van der Waals surface area contributed by atoms with Gasteiger partial charge in [0.2, 0.25) is 0 Å². The van der Waals surface area contributed by atoms with Crippen LogP contribution in [-0.2, 0) is 0 Å². The van der Waals surface area contributed by atoms with Crippen LogP contribution in [0.1, 0.15) is 59.3 Å². The minimum absolute atomic E-state index is 0.900. The van der Waals surface area contributed by atoms with Gasteiger partial charge in [-0.1, -0.05) is 33.6 Å². The van der Waals surface area contributed by atoms with Crippen LogP contribution in [-0.4, -0.2) is 37.6 Å². The van der Waals surface area contributed by atoms with Crippen molar-refractivity contribution in [1.29, 1.82) is 0 Å². The maximum absolute atomic E-state index is 3.48. The Morgan fingerprint density at radius 3 is 2.50 bits per heavy atom. The summed E-state index contributed by atoms with van der Waals surface area (Å²) in [4.78, 5) is 2.68. The molecule has 2 atom stereocenters. The molecule has 0 bridgehead atoms. The van der Waals surface area contributed by atoms with Crippen molar-refractivity contribution in [3.63, 3.8) is 0 Å². The highest BCUT2D eigenvalue weighted by molar-refractivity contribution is 4.74. The minimum Gasteiger partial charge on any atom is -0.317 e. The zero-order chi connectivity index (χ0) is 13.2. The molecule has 0 aromatic heterocycles. The topological polar surface area (TPSA) is 15.3 Å². The molecule has 108 valence electrons. The highest BCUT2D eigenvalue weighted by atomic mass is 15.1. The zero-order valence-corrected chi connectivity index (χ0v) is 12.9. The van der Waals surface area contributed by atoms with Crippen LogP contribution < -0.4 is 5.32 Å². The van der Waals surface area contributed by atoms with Crippen LogP contribution in [0.3, 0.4) is 0 Å². The van der Waals surface area contributed by atoms with E-state index in [0.29, 0.717) is 0 Å². The fourth-order valence-corrected chi connectivity index (χ4v) is 2.79. The van der Waals surface area contributed by atoms with Crippen molar-refractivity contribution in [2.75, 3.05) is 32.7 Å². The molecule has 0 radical (unpaired) electrons. The van der Waals surface area contributed by atoms with Crippen molar-refractivity contribution in [3.05, 3.63) is 0 Å². The third-order valence-electron chi connectivity index (χ3n) is 4.42. The Kier molecular flexibility index (Phi) is 8.70. The van der Waals surface area contributed by atoms with Gasteiger partial charge in [-0.25, -0.2) is 0 Å². The van der Waals surface area contributed by atoms with E-state index in [4.69, 9.17) is 0 Å². The standard InChI is InChI=1S/C16H34N2/c1-4-10-17-11-7-5-6-8-12-18-13-9-15(2)16(3)14-18/h15-17H,4-14H2,1-3H3. The molecule has 1 rings (SSSR count). The first-order chi connectivity index (χ1) is 8.74. The second-order valence-electron chi connectivity index (χ2n) is 6.21. The molecule has 18 heavy (non-hydrogen) atoms. The molecule has 0 saturated carbocycles. The number of nitrogens with one attached hydrogen (secondary N) is 1. The summed E-state index contributed by atoms with van der Waals surface area (Å²) in [5.41, 5.74) is 0. The predicted molar refractivity (Wildman–Crippen MR) is 81.0 cm³/mol. The van der Waals surface area contributed by atoms with E-state index in [1.54, 1.807) is 0 Å². The van der Waals surface area contributed by atoms with Gasteiger partial charge < -0.3 is 10.2 Å². The Bertz CT molecular complexity index is 194. The fraction of sp³-hybridized carbons (Fsp3) is 1.00. The molecule has 0 aromatic carbocycles. The SMILES string of the molecule is CCCNCCCCCCN1CCC(C)C(C)C1. The lowest BCUT2D eigenvalue weighted by Crippen LogP contribution is -2.38. The van der Waals surface area contributed by atoms with Crippen molar-refractivity contribution in [1.82, 2.24) is 10.2 Å². The quantitative estimate of drug-likeness (QED) is 0.633. The summed E-state index contributed by atoms with van der Waals surface area (Å²) in [6, 6.07) is 0. The van der Waals surface area contributed by atoms with Crippen molar-refractivity contribution >= 4 is 0 Å². The molecule has 1 aliphatic rings. The number of nitrogens with zero attached hydrogens (tertiary/aromatic N) is 1. The fourth-order valence-electron chi connectivity index (χ4n) is 2.79. The monoisotopic (exact) mass is 254 g/mol. The van der Waals surface area contributed by atoms with Gasteiger partial charge in [-0.05, 0) is 63.7 Å². The molecule has 1 N–H and O–H groups in total. The third kappa shape index (κ3) is 6.75. The highest BCUT2D eigenvalue weighted by Gasteiger charge is 2.21. The summed E-state index contributed by atoms with van der Waals surface area (Å²) in [6.45, 7) is 13.5. The summed E-state index contributed by atoms with van der Waals surface area (Å²) >= 11 is 0. The molecule has 0 aromatic rings. The first-order valence-electron chi connectivity index (χ1n) is 8.17. The lowest BCUT2D eigenvalue weighted by Gasteiger charge is -2.35. The van der Waals surface area contributed by atoms with E-state index in [0.717, 1.165) is 11.8 Å². The Balaban J connectivity index is 1.89. The molecule has 2 nitrogen and oxygen atoms in total. The molecule has 0 spiro atoms. The van der Waals surface area contributed by atoms with Crippen molar-refractivity contribution in [3.8, 4) is 0 Å². The van der Waals surface area contributed by atoms with Gasteiger partial charge in [-0.2, -0.15) is 0 Å². The maximum Gasteiger partial charge on any atom is 0.000957 e. The molecular weight excluding hydrogens is 220 g/mol. The third-order valence-corrected chi connectivity index (χ3v) is 4.42. The summed E-state index contributed by atoms with van der Waals surface area (Å²) in [7, 11) is 0. The second kappa shape index (κ2) is 9.80. The van der Waals surface area contributed by atoms with Gasteiger partial charge in [-0.3, -0.25) is 0 Å². The molecule has 1 heterocycles. The van der Waals surface area contributed by atoms with Crippen molar-refractivity contribution in [2.45, 2.75) is 59.3 Å². The number of rotatable bonds is 9. The lowest BCUT2D eigenvalue weighted by atomic mass is 9.88. The number of likely N-dealkylation sites (tertiary alicyclic amines) is 1. The van der Waals surface area contributed by atoms with Crippen LogP contribution in [0.4, 0.5) is 0 Å². The van der Waals surface area contributed by atoms with Gasteiger partial charge in [0.05, 0.1) is 0 Å². The number of piperidine rings is 1. The molecule has 2 heteroatoms. The summed E-state index contributed by atoms with van der Waals surface area (Å²) in [5.74, 6) is 1.84. The molecular formula is C16H34N2. The van der Waals surface area contributed by atoms with Gasteiger partial charge >= 0.3 is 0 Å². The van der Waals surface area contributed by atoms with Crippen molar-refractivity contribution < 1.29 is 0 Å². The summed E-state index contributed by atoms with van der Waals surface area (Å²) in [5, 5.41) is 3.48.